The lowest BCUT2D eigenvalue weighted by Crippen LogP contribution is -2.29. The van der Waals surface area contributed by atoms with Crippen molar-refractivity contribution < 1.29 is 22.7 Å². The summed E-state index contributed by atoms with van der Waals surface area (Å²) in [6.45, 7) is 0.169. The number of carbonyl (C=O) groups is 2. The molecular weight excluding hydrogens is 318 g/mol. The van der Waals surface area contributed by atoms with Crippen molar-refractivity contribution in [2.45, 2.75) is 11.3 Å². The molecule has 0 aliphatic rings. The van der Waals surface area contributed by atoms with Crippen LogP contribution in [0.4, 0.5) is 0 Å². The van der Waals surface area contributed by atoms with E-state index in [2.05, 4.69) is 4.74 Å². The third-order valence-corrected chi connectivity index (χ3v) is 4.38. The molecule has 0 bridgehead atoms. The molecule has 0 fully saturated rings. The Hall–Kier alpha value is -1.60. The predicted octanol–water partition coefficient (Wildman–Crippen LogP) is 1.38. The van der Waals surface area contributed by atoms with Crippen LogP contribution in [0.3, 0.4) is 0 Å². The summed E-state index contributed by atoms with van der Waals surface area (Å²) < 4.78 is 27.7. The number of halogens is 1. The van der Waals surface area contributed by atoms with Crippen molar-refractivity contribution in [3.05, 3.63) is 28.8 Å². The first-order chi connectivity index (χ1) is 9.66. The van der Waals surface area contributed by atoms with Crippen LogP contribution in [0, 0.1) is 0 Å². The topological polar surface area (TPSA) is 80.8 Å². The van der Waals surface area contributed by atoms with Crippen molar-refractivity contribution in [1.82, 2.24) is 4.90 Å². The molecule has 0 unspecified atom stereocenters. The van der Waals surface area contributed by atoms with Gasteiger partial charge in [-0.25, -0.2) is 8.42 Å². The number of amides is 1. The Kier molecular flexibility index (Phi) is 5.74. The van der Waals surface area contributed by atoms with Crippen LogP contribution in [0.25, 0.3) is 0 Å². The van der Waals surface area contributed by atoms with Crippen LogP contribution >= 0.6 is 11.6 Å². The van der Waals surface area contributed by atoms with Crippen molar-refractivity contribution >= 4 is 33.3 Å². The number of carbonyl (C=O) groups excluding carboxylic acids is 2. The molecule has 0 spiro atoms. The Balaban J connectivity index is 2.95. The number of rotatable bonds is 5. The number of sulfone groups is 1. The summed E-state index contributed by atoms with van der Waals surface area (Å²) in [6.07, 6.45) is 1.08. The lowest BCUT2D eigenvalue weighted by molar-refractivity contribution is -0.140. The van der Waals surface area contributed by atoms with Gasteiger partial charge in [-0.15, -0.1) is 0 Å². The van der Waals surface area contributed by atoms with Crippen LogP contribution < -0.4 is 0 Å². The van der Waals surface area contributed by atoms with Crippen LogP contribution in [0.15, 0.2) is 23.1 Å². The van der Waals surface area contributed by atoms with E-state index in [1.54, 1.807) is 0 Å². The quantitative estimate of drug-likeness (QED) is 0.760. The van der Waals surface area contributed by atoms with Gasteiger partial charge in [-0.1, -0.05) is 11.6 Å². The van der Waals surface area contributed by atoms with Gasteiger partial charge in [0.05, 0.1) is 23.4 Å². The minimum absolute atomic E-state index is 0.0608. The molecule has 0 saturated heterocycles. The fraction of sp³-hybridized carbons (Fsp3) is 0.385. The summed E-state index contributed by atoms with van der Waals surface area (Å²) in [6, 6.07) is 4.03. The number of nitrogens with zero attached hydrogens (tertiary/aromatic N) is 1. The summed E-state index contributed by atoms with van der Waals surface area (Å²) in [7, 11) is -0.742. The maximum Gasteiger partial charge on any atom is 0.307 e. The van der Waals surface area contributed by atoms with E-state index in [4.69, 9.17) is 11.6 Å². The molecule has 0 N–H and O–H groups in total. The maximum absolute atomic E-state index is 12.2. The van der Waals surface area contributed by atoms with Gasteiger partial charge in [0.2, 0.25) is 0 Å². The molecule has 0 aliphatic heterocycles. The Labute approximate surface area is 128 Å². The molecule has 0 heterocycles. The van der Waals surface area contributed by atoms with E-state index < -0.39 is 21.7 Å². The van der Waals surface area contributed by atoms with E-state index in [0.717, 1.165) is 6.26 Å². The van der Waals surface area contributed by atoms with Gasteiger partial charge < -0.3 is 9.64 Å². The van der Waals surface area contributed by atoms with E-state index in [1.807, 2.05) is 0 Å². The first-order valence-electron chi connectivity index (χ1n) is 5.98. The van der Waals surface area contributed by atoms with Gasteiger partial charge >= 0.3 is 5.97 Å². The summed E-state index contributed by atoms with van der Waals surface area (Å²) >= 11 is 5.82. The van der Waals surface area contributed by atoms with E-state index in [-0.39, 0.29) is 28.4 Å². The van der Waals surface area contributed by atoms with E-state index >= 15 is 0 Å². The number of methoxy groups -OCH3 is 1. The number of esters is 1. The van der Waals surface area contributed by atoms with Gasteiger partial charge in [-0.2, -0.15) is 0 Å². The molecule has 1 amide bonds. The third kappa shape index (κ3) is 4.71. The summed E-state index contributed by atoms with van der Waals surface area (Å²) in [5.74, 6) is -0.831. The number of hydrogen-bond donors (Lipinski definition) is 0. The van der Waals surface area contributed by atoms with E-state index in [1.165, 1.54) is 37.3 Å². The first kappa shape index (κ1) is 17.5. The summed E-state index contributed by atoms with van der Waals surface area (Å²) in [4.78, 5) is 24.4. The molecule has 116 valence electrons. The predicted molar refractivity (Wildman–Crippen MR) is 78.2 cm³/mol. The highest BCUT2D eigenvalue weighted by Gasteiger charge is 2.18. The standard InChI is InChI=1S/C13H16ClNO5S/c1-15(7-6-12(16)20-2)13(17)9-4-5-10(14)11(8-9)21(3,18)19/h4-5,8H,6-7H2,1-3H3. The Morgan fingerprint density at radius 1 is 1.33 bits per heavy atom. The smallest absolute Gasteiger partial charge is 0.307 e. The summed E-state index contributed by atoms with van der Waals surface area (Å²) in [5.41, 5.74) is 0.187. The Bertz CT molecular complexity index is 657. The SMILES string of the molecule is COC(=O)CCN(C)C(=O)c1ccc(Cl)c(S(C)(=O)=O)c1. The first-order valence-corrected chi connectivity index (χ1v) is 8.25. The lowest BCUT2D eigenvalue weighted by atomic mass is 10.2. The average Bonchev–Trinajstić information content (AvgIpc) is 2.42. The molecule has 0 saturated carbocycles. The number of hydrogen-bond acceptors (Lipinski definition) is 5. The molecule has 0 aliphatic carbocycles. The van der Waals surface area contributed by atoms with Crippen molar-refractivity contribution in [1.29, 1.82) is 0 Å². The zero-order chi connectivity index (χ0) is 16.2. The zero-order valence-electron chi connectivity index (χ0n) is 11.9. The fourth-order valence-electron chi connectivity index (χ4n) is 1.60. The van der Waals surface area contributed by atoms with Crippen LogP contribution in [-0.2, 0) is 19.4 Å². The molecule has 1 rings (SSSR count). The molecular formula is C13H16ClNO5S. The maximum atomic E-state index is 12.2. The Morgan fingerprint density at radius 2 is 1.95 bits per heavy atom. The van der Waals surface area contributed by atoms with Gasteiger partial charge in [0.1, 0.15) is 0 Å². The Morgan fingerprint density at radius 3 is 2.48 bits per heavy atom. The molecule has 0 aromatic heterocycles. The van der Waals surface area contributed by atoms with Crippen LogP contribution in [0.2, 0.25) is 5.02 Å². The molecule has 0 radical (unpaired) electrons. The molecule has 0 atom stereocenters. The van der Waals surface area contributed by atoms with Gasteiger partial charge in [-0.3, -0.25) is 9.59 Å². The highest BCUT2D eigenvalue weighted by Crippen LogP contribution is 2.23. The highest BCUT2D eigenvalue weighted by molar-refractivity contribution is 7.90. The second-order valence-corrected chi connectivity index (χ2v) is 6.86. The average molecular weight is 334 g/mol. The third-order valence-electron chi connectivity index (χ3n) is 2.80. The van der Waals surface area contributed by atoms with Crippen LogP contribution in [-0.4, -0.2) is 52.2 Å². The minimum atomic E-state index is -3.52. The second kappa shape index (κ2) is 6.91. The number of benzene rings is 1. The number of ether oxygens (including phenoxy) is 1. The lowest BCUT2D eigenvalue weighted by Gasteiger charge is -2.17. The molecule has 8 heteroatoms. The molecule has 6 nitrogen and oxygen atoms in total. The van der Waals surface area contributed by atoms with Crippen molar-refractivity contribution in [3.63, 3.8) is 0 Å². The summed E-state index contributed by atoms with van der Waals surface area (Å²) in [5, 5.41) is 0.0614. The molecule has 1 aromatic carbocycles. The van der Waals surface area contributed by atoms with Gasteiger partial charge in [0, 0.05) is 25.4 Å². The molecule has 21 heavy (non-hydrogen) atoms. The minimum Gasteiger partial charge on any atom is -0.469 e. The van der Waals surface area contributed by atoms with Crippen molar-refractivity contribution in [2.75, 3.05) is 27.0 Å². The van der Waals surface area contributed by atoms with E-state index in [0.29, 0.717) is 0 Å². The van der Waals surface area contributed by atoms with Crippen LogP contribution in [0.5, 0.6) is 0 Å². The highest BCUT2D eigenvalue weighted by atomic mass is 35.5. The second-order valence-electron chi connectivity index (χ2n) is 4.47. The van der Waals surface area contributed by atoms with Crippen LogP contribution in [0.1, 0.15) is 16.8 Å². The van der Waals surface area contributed by atoms with Crippen molar-refractivity contribution in [2.24, 2.45) is 0 Å². The van der Waals surface area contributed by atoms with Gasteiger partial charge in [-0.05, 0) is 18.2 Å². The van der Waals surface area contributed by atoms with Gasteiger partial charge in [0.15, 0.2) is 9.84 Å². The van der Waals surface area contributed by atoms with E-state index in [9.17, 15) is 18.0 Å². The largest absolute Gasteiger partial charge is 0.469 e. The fourth-order valence-corrected chi connectivity index (χ4v) is 2.90. The van der Waals surface area contributed by atoms with Gasteiger partial charge in [0.25, 0.3) is 5.91 Å². The zero-order valence-corrected chi connectivity index (χ0v) is 13.5. The monoisotopic (exact) mass is 333 g/mol. The van der Waals surface area contributed by atoms with Crippen molar-refractivity contribution in [3.8, 4) is 0 Å². The normalized spacial score (nSPS) is 11.0. The molecule has 1 aromatic rings.